The summed E-state index contributed by atoms with van der Waals surface area (Å²) in [6.45, 7) is 11.5. The summed E-state index contributed by atoms with van der Waals surface area (Å²) in [5.41, 5.74) is 4.80. The summed E-state index contributed by atoms with van der Waals surface area (Å²) in [5, 5.41) is 12.6. The summed E-state index contributed by atoms with van der Waals surface area (Å²) in [6, 6.07) is 11.0. The van der Waals surface area contributed by atoms with E-state index >= 15 is 0 Å². The van der Waals surface area contributed by atoms with Crippen molar-refractivity contribution in [3.8, 4) is 6.07 Å². The number of nitrogens with one attached hydrogen (secondary N) is 1. The molecule has 0 aromatic heterocycles. The molecule has 0 unspecified atom stereocenters. The van der Waals surface area contributed by atoms with Gasteiger partial charge in [0.1, 0.15) is 5.82 Å². The van der Waals surface area contributed by atoms with Crippen molar-refractivity contribution in [2.45, 2.75) is 47.0 Å². The second-order valence-electron chi connectivity index (χ2n) is 7.96. The Balaban J connectivity index is 2.35. The van der Waals surface area contributed by atoms with Crippen LogP contribution in [0.5, 0.6) is 0 Å². The van der Waals surface area contributed by atoms with E-state index in [4.69, 9.17) is 28.5 Å². The molecule has 2 aromatic carbocycles. The van der Waals surface area contributed by atoms with Gasteiger partial charge in [0, 0.05) is 30.1 Å². The summed E-state index contributed by atoms with van der Waals surface area (Å²) in [6.07, 6.45) is 6.67. The van der Waals surface area contributed by atoms with Crippen LogP contribution in [0.25, 0.3) is 11.1 Å². The van der Waals surface area contributed by atoms with Gasteiger partial charge >= 0.3 is 0 Å². The lowest BCUT2D eigenvalue weighted by Crippen LogP contribution is -2.20. The normalized spacial score (nSPS) is 12.7. The van der Waals surface area contributed by atoms with Crippen molar-refractivity contribution in [3.63, 3.8) is 0 Å². The van der Waals surface area contributed by atoms with E-state index in [1.807, 2.05) is 58.0 Å². The molecule has 0 saturated carbocycles. The number of nitrogens with zero attached hydrogens (tertiary/aromatic N) is 3. The Bertz CT molecular complexity index is 1250. The fourth-order valence-corrected chi connectivity index (χ4v) is 3.80. The van der Waals surface area contributed by atoms with E-state index in [2.05, 4.69) is 21.9 Å². The van der Waals surface area contributed by atoms with Crippen LogP contribution in [0.4, 0.5) is 10.1 Å². The van der Waals surface area contributed by atoms with Crippen LogP contribution in [0.3, 0.4) is 0 Å². The summed E-state index contributed by atoms with van der Waals surface area (Å²) in [4.78, 5) is 9.05. The Morgan fingerprint density at radius 1 is 1.14 bits per heavy atom. The first kappa shape index (κ1) is 28.0. The molecule has 0 aliphatic heterocycles. The summed E-state index contributed by atoms with van der Waals surface area (Å²) in [5.74, 6) is 0.0404. The molecule has 0 saturated heterocycles. The van der Waals surface area contributed by atoms with Gasteiger partial charge in [-0.25, -0.2) is 9.38 Å². The molecule has 0 atom stereocenters. The summed E-state index contributed by atoms with van der Waals surface area (Å²) in [7, 11) is 0. The maximum absolute atomic E-state index is 14.6. The van der Waals surface area contributed by atoms with E-state index < -0.39 is 5.82 Å². The minimum Gasteiger partial charge on any atom is -0.339 e. The smallest absolute Gasteiger partial charge is 0.151 e. The Morgan fingerprint density at radius 2 is 1.86 bits per heavy atom. The highest BCUT2D eigenvalue weighted by atomic mass is 35.5. The molecule has 1 N–H and O–H groups in total. The van der Waals surface area contributed by atoms with Crippen LogP contribution in [-0.4, -0.2) is 11.5 Å². The summed E-state index contributed by atoms with van der Waals surface area (Å²) < 4.78 is 14.6. The molecule has 4 nitrogen and oxygen atoms in total. The van der Waals surface area contributed by atoms with Gasteiger partial charge in [0.25, 0.3) is 0 Å². The second-order valence-corrected chi connectivity index (χ2v) is 8.74. The zero-order chi connectivity index (χ0) is 26.0. The molecule has 182 valence electrons. The molecule has 0 amide bonds. The SMILES string of the molecule is C=C(C)c1ccc(NC(=N/C=C\CC)C(C)=N/C=C(\C)c2ccc(CCC#N)c(F)c2Cl)cc1Cl. The van der Waals surface area contributed by atoms with Gasteiger partial charge in [-0.1, -0.05) is 61.0 Å². The van der Waals surface area contributed by atoms with Crippen LogP contribution in [0, 0.1) is 17.1 Å². The van der Waals surface area contributed by atoms with Gasteiger partial charge in [0.2, 0.25) is 0 Å². The monoisotopic (exact) mass is 510 g/mol. The number of aliphatic imine (C=N–C) groups is 2. The van der Waals surface area contributed by atoms with Gasteiger partial charge in [0.15, 0.2) is 5.84 Å². The molecule has 0 aliphatic carbocycles. The third-order valence-electron chi connectivity index (χ3n) is 5.12. The third-order valence-corrected chi connectivity index (χ3v) is 5.81. The standard InChI is InChI=1S/C28H29Cl2FN4/c1-6-7-15-33-28(35-22-11-13-23(18(2)3)25(29)16-22)20(5)34-17-19(4)24-12-10-21(9-8-14-32)27(31)26(24)30/h7,10-13,15-17H,2,6,8-9H2,1,3-5H3,(H,33,35)/b15-7-,19-17+,34-20?. The molecule has 35 heavy (non-hydrogen) atoms. The molecular weight excluding hydrogens is 482 g/mol. The number of halogens is 3. The molecular formula is C28H29Cl2FN4. The zero-order valence-electron chi connectivity index (χ0n) is 20.4. The van der Waals surface area contributed by atoms with Crippen LogP contribution in [0.15, 0.2) is 65.4 Å². The molecule has 0 aliphatic rings. The molecule has 0 radical (unpaired) electrons. The molecule has 0 bridgehead atoms. The van der Waals surface area contributed by atoms with E-state index in [0.29, 0.717) is 39.7 Å². The molecule has 0 heterocycles. The number of allylic oxidation sites excluding steroid dienone is 3. The van der Waals surface area contributed by atoms with E-state index in [9.17, 15) is 4.39 Å². The topological polar surface area (TPSA) is 60.5 Å². The van der Waals surface area contributed by atoms with Crippen molar-refractivity contribution >= 4 is 51.6 Å². The highest BCUT2D eigenvalue weighted by Crippen LogP contribution is 2.29. The summed E-state index contributed by atoms with van der Waals surface area (Å²) >= 11 is 12.7. The Labute approximate surface area is 217 Å². The highest BCUT2D eigenvalue weighted by molar-refractivity contribution is 6.45. The van der Waals surface area contributed by atoms with Gasteiger partial charge in [-0.15, -0.1) is 0 Å². The lowest BCUT2D eigenvalue weighted by Gasteiger charge is -2.12. The van der Waals surface area contributed by atoms with E-state index in [-0.39, 0.29) is 11.4 Å². The first-order valence-corrected chi connectivity index (χ1v) is 12.0. The van der Waals surface area contributed by atoms with Crippen LogP contribution < -0.4 is 5.32 Å². The van der Waals surface area contributed by atoms with Gasteiger partial charge < -0.3 is 5.32 Å². The van der Waals surface area contributed by atoms with E-state index in [1.54, 1.807) is 24.5 Å². The highest BCUT2D eigenvalue weighted by Gasteiger charge is 2.13. The van der Waals surface area contributed by atoms with Gasteiger partial charge in [-0.05, 0) is 68.0 Å². The zero-order valence-corrected chi connectivity index (χ0v) is 21.9. The fourth-order valence-electron chi connectivity index (χ4n) is 3.13. The third kappa shape index (κ3) is 7.92. The number of aryl methyl sites for hydroxylation is 1. The Kier molecular flexibility index (Phi) is 10.9. The van der Waals surface area contributed by atoms with Crippen molar-refractivity contribution in [1.82, 2.24) is 0 Å². The minimum atomic E-state index is -0.503. The number of nitriles is 1. The first-order valence-electron chi connectivity index (χ1n) is 11.2. The maximum atomic E-state index is 14.6. The number of anilines is 1. The van der Waals surface area contributed by atoms with Gasteiger partial charge in [-0.3, -0.25) is 4.99 Å². The van der Waals surface area contributed by atoms with Crippen LogP contribution in [0.2, 0.25) is 10.0 Å². The molecule has 0 spiro atoms. The average Bonchev–Trinajstić information content (AvgIpc) is 2.82. The first-order chi connectivity index (χ1) is 16.7. The predicted molar refractivity (Wildman–Crippen MR) is 149 cm³/mol. The minimum absolute atomic E-state index is 0.0205. The number of hydrogen-bond acceptors (Lipinski definition) is 3. The quantitative estimate of drug-likeness (QED) is 0.270. The van der Waals surface area contributed by atoms with Crippen LogP contribution in [-0.2, 0) is 6.42 Å². The van der Waals surface area contributed by atoms with Crippen LogP contribution >= 0.6 is 23.2 Å². The number of amidine groups is 1. The van der Waals surface area contributed by atoms with Crippen LogP contribution in [0.1, 0.15) is 57.2 Å². The fraction of sp³-hybridized carbons (Fsp3) is 0.250. The van der Waals surface area contributed by atoms with Gasteiger partial charge in [0.05, 0.1) is 21.8 Å². The largest absolute Gasteiger partial charge is 0.339 e. The second kappa shape index (κ2) is 13.6. The number of benzene rings is 2. The number of hydrogen-bond donors (Lipinski definition) is 1. The van der Waals surface area contributed by atoms with E-state index in [0.717, 1.165) is 23.2 Å². The Hall–Kier alpha value is -3.20. The molecule has 0 fully saturated rings. The molecule has 2 aromatic rings. The van der Waals surface area contributed by atoms with E-state index in [1.165, 1.54) is 0 Å². The number of rotatable bonds is 9. The van der Waals surface area contributed by atoms with Crippen molar-refractivity contribution in [1.29, 1.82) is 5.26 Å². The van der Waals surface area contributed by atoms with Crippen molar-refractivity contribution in [2.75, 3.05) is 5.32 Å². The molecule has 2 rings (SSSR count). The van der Waals surface area contributed by atoms with Crippen molar-refractivity contribution < 1.29 is 4.39 Å². The maximum Gasteiger partial charge on any atom is 0.151 e. The molecule has 7 heteroatoms. The van der Waals surface area contributed by atoms with Gasteiger partial charge in [-0.2, -0.15) is 5.26 Å². The predicted octanol–water partition coefficient (Wildman–Crippen LogP) is 8.88. The average molecular weight is 511 g/mol. The Morgan fingerprint density at radius 3 is 2.49 bits per heavy atom. The lowest BCUT2D eigenvalue weighted by atomic mass is 10.0. The van der Waals surface area contributed by atoms with Crippen molar-refractivity contribution in [3.05, 3.63) is 87.9 Å². The van der Waals surface area contributed by atoms with Crippen molar-refractivity contribution in [2.24, 2.45) is 9.98 Å². The lowest BCUT2D eigenvalue weighted by molar-refractivity contribution is 0.610.